The molecule has 3 nitrogen and oxygen atoms in total. The van der Waals surface area contributed by atoms with Crippen molar-refractivity contribution in [1.29, 1.82) is 0 Å². The lowest BCUT2D eigenvalue weighted by Crippen LogP contribution is -2.28. The van der Waals surface area contributed by atoms with Gasteiger partial charge in [0, 0.05) is 11.8 Å². The van der Waals surface area contributed by atoms with Gasteiger partial charge in [0.05, 0.1) is 11.5 Å². The first-order chi connectivity index (χ1) is 4.98. The third-order valence-corrected chi connectivity index (χ3v) is 3.85. The summed E-state index contributed by atoms with van der Waals surface area (Å²) in [5, 5.41) is 0. The van der Waals surface area contributed by atoms with Crippen LogP contribution in [0.5, 0.6) is 0 Å². The van der Waals surface area contributed by atoms with E-state index in [-0.39, 0.29) is 17.5 Å². The molecule has 1 atom stereocenters. The average molecular weight is 197 g/mol. The lowest BCUT2D eigenvalue weighted by Gasteiger charge is -2.05. The molecule has 0 fully saturated rings. The van der Waals surface area contributed by atoms with Crippen LogP contribution >= 0.6 is 11.8 Å². The molecule has 5 heteroatoms. The Kier molecular flexibility index (Phi) is 5.12. The van der Waals surface area contributed by atoms with Crippen LogP contribution in [0.3, 0.4) is 0 Å². The summed E-state index contributed by atoms with van der Waals surface area (Å²) >= 11 is 1.54. The Labute approximate surface area is 72.7 Å². The smallest absolute Gasteiger partial charge is 0.152 e. The van der Waals surface area contributed by atoms with E-state index in [4.69, 9.17) is 5.73 Å². The molecule has 0 saturated heterocycles. The maximum Gasteiger partial charge on any atom is 0.152 e. The maximum absolute atomic E-state index is 11.1. The van der Waals surface area contributed by atoms with E-state index in [1.165, 1.54) is 11.8 Å². The summed E-state index contributed by atoms with van der Waals surface area (Å²) in [5.74, 6) is 1.01. The molecule has 2 N–H and O–H groups in total. The van der Waals surface area contributed by atoms with Crippen molar-refractivity contribution < 1.29 is 8.42 Å². The summed E-state index contributed by atoms with van der Waals surface area (Å²) in [6.45, 7) is 1.70. The summed E-state index contributed by atoms with van der Waals surface area (Å²) in [6.07, 6.45) is 1.89. The zero-order chi connectivity index (χ0) is 8.91. The summed E-state index contributed by atoms with van der Waals surface area (Å²) in [7, 11) is -2.89. The number of nitrogens with two attached hydrogens (primary N) is 1. The second-order valence-corrected chi connectivity index (χ2v) is 5.80. The topological polar surface area (TPSA) is 60.2 Å². The van der Waals surface area contributed by atoms with Crippen LogP contribution in [0.2, 0.25) is 0 Å². The van der Waals surface area contributed by atoms with Gasteiger partial charge in [-0.1, -0.05) is 0 Å². The fourth-order valence-corrected chi connectivity index (χ4v) is 3.34. The third-order valence-electron chi connectivity index (χ3n) is 1.12. The van der Waals surface area contributed by atoms with Crippen molar-refractivity contribution in [2.24, 2.45) is 5.73 Å². The van der Waals surface area contributed by atoms with Crippen LogP contribution in [0, 0.1) is 0 Å². The van der Waals surface area contributed by atoms with Crippen molar-refractivity contribution in [3.05, 3.63) is 0 Å². The maximum atomic E-state index is 11.1. The van der Waals surface area contributed by atoms with E-state index in [9.17, 15) is 8.42 Å². The van der Waals surface area contributed by atoms with Gasteiger partial charge >= 0.3 is 0 Å². The highest BCUT2D eigenvalue weighted by Gasteiger charge is 2.11. The van der Waals surface area contributed by atoms with E-state index in [2.05, 4.69) is 0 Å². The van der Waals surface area contributed by atoms with Gasteiger partial charge in [0.15, 0.2) is 9.84 Å². The van der Waals surface area contributed by atoms with E-state index in [1.807, 2.05) is 6.26 Å². The predicted molar refractivity (Wildman–Crippen MR) is 50.7 cm³/mol. The van der Waals surface area contributed by atoms with Gasteiger partial charge in [-0.05, 0) is 13.2 Å². The summed E-state index contributed by atoms with van der Waals surface area (Å²) in [4.78, 5) is 0. The van der Waals surface area contributed by atoms with Crippen LogP contribution in [0.1, 0.15) is 6.92 Å². The van der Waals surface area contributed by atoms with Crippen LogP contribution in [-0.4, -0.2) is 38.0 Å². The van der Waals surface area contributed by atoms with Gasteiger partial charge in [-0.3, -0.25) is 0 Å². The number of rotatable bonds is 5. The summed E-state index contributed by atoms with van der Waals surface area (Å²) in [6, 6.07) is -0.248. The largest absolute Gasteiger partial charge is 0.327 e. The van der Waals surface area contributed by atoms with Crippen molar-refractivity contribution in [2.75, 3.05) is 23.5 Å². The van der Waals surface area contributed by atoms with Crippen LogP contribution in [-0.2, 0) is 9.84 Å². The van der Waals surface area contributed by atoms with Crippen LogP contribution < -0.4 is 5.73 Å². The van der Waals surface area contributed by atoms with Crippen LogP contribution in [0.15, 0.2) is 0 Å². The van der Waals surface area contributed by atoms with Crippen LogP contribution in [0.4, 0.5) is 0 Å². The quantitative estimate of drug-likeness (QED) is 0.679. The highest BCUT2D eigenvalue weighted by molar-refractivity contribution is 8.00. The minimum Gasteiger partial charge on any atom is -0.327 e. The standard InChI is InChI=1S/C6H15NO2S2/c1-6(7)5-11(8,9)4-3-10-2/h6H,3-5,7H2,1-2H3. The van der Waals surface area contributed by atoms with Gasteiger partial charge in [0.2, 0.25) is 0 Å². The first-order valence-corrected chi connectivity index (χ1v) is 6.64. The molecule has 0 aliphatic carbocycles. The van der Waals surface area contributed by atoms with Crippen molar-refractivity contribution in [2.45, 2.75) is 13.0 Å². The fraction of sp³-hybridized carbons (Fsp3) is 1.00. The predicted octanol–water partition coefficient (Wildman–Crippen LogP) is 0.111. The Morgan fingerprint density at radius 1 is 1.55 bits per heavy atom. The molecule has 0 radical (unpaired) electrons. The molecule has 0 bridgehead atoms. The Balaban J connectivity index is 3.82. The lowest BCUT2D eigenvalue weighted by molar-refractivity contribution is 0.591. The van der Waals surface area contributed by atoms with Gasteiger partial charge in [0.25, 0.3) is 0 Å². The second kappa shape index (κ2) is 5.00. The number of hydrogen-bond donors (Lipinski definition) is 1. The zero-order valence-corrected chi connectivity index (χ0v) is 8.54. The molecule has 0 spiro atoms. The molecule has 0 saturated carbocycles. The van der Waals surface area contributed by atoms with Gasteiger partial charge in [-0.25, -0.2) is 8.42 Å². The second-order valence-electron chi connectivity index (χ2n) is 2.58. The molecule has 0 aromatic rings. The molecule has 1 unspecified atom stereocenters. The van der Waals surface area contributed by atoms with E-state index >= 15 is 0 Å². The van der Waals surface area contributed by atoms with E-state index in [1.54, 1.807) is 6.92 Å². The third kappa shape index (κ3) is 6.65. The van der Waals surface area contributed by atoms with Gasteiger partial charge in [-0.2, -0.15) is 11.8 Å². The number of hydrogen-bond acceptors (Lipinski definition) is 4. The first-order valence-electron chi connectivity index (χ1n) is 3.43. The summed E-state index contributed by atoms with van der Waals surface area (Å²) in [5.41, 5.74) is 5.36. The Hall–Kier alpha value is 0.260. The fourth-order valence-electron chi connectivity index (χ4n) is 0.694. The van der Waals surface area contributed by atoms with E-state index in [0.717, 1.165) is 0 Å². The molecule has 0 aliphatic rings. The molecule has 0 heterocycles. The van der Waals surface area contributed by atoms with Crippen molar-refractivity contribution in [3.8, 4) is 0 Å². The molecule has 0 aliphatic heterocycles. The molecule has 0 amide bonds. The minimum atomic E-state index is -2.89. The lowest BCUT2D eigenvalue weighted by atomic mass is 10.4. The van der Waals surface area contributed by atoms with Gasteiger partial charge < -0.3 is 5.73 Å². The highest BCUT2D eigenvalue weighted by Crippen LogP contribution is 1.98. The Bertz CT molecular complexity index is 187. The molecular weight excluding hydrogens is 182 g/mol. The first kappa shape index (κ1) is 11.3. The molecular formula is C6H15NO2S2. The van der Waals surface area contributed by atoms with Crippen LogP contribution in [0.25, 0.3) is 0 Å². The number of thioether (sulfide) groups is 1. The Morgan fingerprint density at radius 2 is 2.09 bits per heavy atom. The van der Waals surface area contributed by atoms with E-state index in [0.29, 0.717) is 5.75 Å². The normalized spacial score (nSPS) is 14.8. The van der Waals surface area contributed by atoms with Gasteiger partial charge in [-0.15, -0.1) is 0 Å². The zero-order valence-electron chi connectivity index (χ0n) is 6.91. The molecule has 11 heavy (non-hydrogen) atoms. The number of sulfone groups is 1. The minimum absolute atomic E-state index is 0.105. The monoisotopic (exact) mass is 197 g/mol. The van der Waals surface area contributed by atoms with Crippen molar-refractivity contribution in [1.82, 2.24) is 0 Å². The molecule has 0 aromatic heterocycles. The van der Waals surface area contributed by atoms with Crippen molar-refractivity contribution >= 4 is 21.6 Å². The molecule has 0 rings (SSSR count). The SMILES string of the molecule is CSCCS(=O)(=O)CC(C)N. The molecule has 68 valence electrons. The molecule has 0 aromatic carbocycles. The van der Waals surface area contributed by atoms with Gasteiger partial charge in [0.1, 0.15) is 0 Å². The highest BCUT2D eigenvalue weighted by atomic mass is 32.2. The summed E-state index contributed by atoms with van der Waals surface area (Å²) < 4.78 is 22.2. The average Bonchev–Trinajstić information content (AvgIpc) is 1.81. The Morgan fingerprint density at radius 3 is 2.45 bits per heavy atom. The van der Waals surface area contributed by atoms with Crippen molar-refractivity contribution in [3.63, 3.8) is 0 Å². The van der Waals surface area contributed by atoms with E-state index < -0.39 is 9.84 Å².